The third-order valence-electron chi connectivity index (χ3n) is 4.04. The van der Waals surface area contributed by atoms with Crippen LogP contribution in [0.2, 0.25) is 5.02 Å². The van der Waals surface area contributed by atoms with Gasteiger partial charge in [0.25, 0.3) is 0 Å². The van der Waals surface area contributed by atoms with Gasteiger partial charge in [-0.05, 0) is 38.5 Å². The van der Waals surface area contributed by atoms with E-state index in [0.717, 1.165) is 5.56 Å². The maximum Gasteiger partial charge on any atom is 0.408 e. The number of benzene rings is 1. The number of alkyl carbamates (subject to hydrolysis) is 1. The van der Waals surface area contributed by atoms with E-state index in [0.29, 0.717) is 5.02 Å². The second-order valence-corrected chi connectivity index (χ2v) is 7.93. The zero-order chi connectivity index (χ0) is 20.9. The first-order chi connectivity index (χ1) is 13.1. The number of carbonyl (C=O) groups is 3. The Hall–Kier alpha value is -2.32. The molecule has 2 atom stereocenters. The molecule has 1 aromatic rings. The zero-order valence-electron chi connectivity index (χ0n) is 16.1. The van der Waals surface area contributed by atoms with Crippen LogP contribution >= 0.6 is 11.6 Å². The van der Waals surface area contributed by atoms with Crippen LogP contribution in [0.25, 0.3) is 0 Å². The van der Waals surface area contributed by atoms with Gasteiger partial charge in [-0.2, -0.15) is 0 Å². The molecule has 1 aliphatic rings. The van der Waals surface area contributed by atoms with E-state index in [1.807, 2.05) is 0 Å². The van der Waals surface area contributed by atoms with Gasteiger partial charge in [-0.25, -0.2) is 9.59 Å². The van der Waals surface area contributed by atoms with Crippen LogP contribution in [0.3, 0.4) is 0 Å². The molecule has 0 bridgehead atoms. The Kier molecular flexibility index (Phi) is 7.26. The standard InChI is InChI=1S/C19H25ClN2O6/c1-19(2,3)28-18(26)21-14(10-12-4-6-13(20)7-5-12)16(23)22-8-9-27-11-15(22)17(24)25/h4-7,14-15H,8-11H2,1-3H3,(H,21,26)(H,24,25). The van der Waals surface area contributed by atoms with E-state index in [1.54, 1.807) is 45.0 Å². The molecule has 1 fully saturated rings. The first-order valence-electron chi connectivity index (χ1n) is 8.92. The molecular formula is C19H25ClN2O6. The fraction of sp³-hybridized carbons (Fsp3) is 0.526. The number of carboxylic acid groups (broad SMARTS) is 1. The number of amides is 2. The fourth-order valence-corrected chi connectivity index (χ4v) is 2.90. The van der Waals surface area contributed by atoms with Gasteiger partial charge in [0.2, 0.25) is 5.91 Å². The molecule has 0 aromatic heterocycles. The SMILES string of the molecule is CC(C)(C)OC(=O)NC(Cc1ccc(Cl)cc1)C(=O)N1CCOCC1C(=O)O. The van der Waals surface area contributed by atoms with Crippen molar-refractivity contribution < 1.29 is 29.0 Å². The lowest BCUT2D eigenvalue weighted by atomic mass is 10.0. The second kappa shape index (κ2) is 9.25. The molecule has 2 unspecified atom stereocenters. The molecule has 2 amide bonds. The largest absolute Gasteiger partial charge is 0.480 e. The van der Waals surface area contributed by atoms with Crippen molar-refractivity contribution in [1.29, 1.82) is 0 Å². The van der Waals surface area contributed by atoms with E-state index in [9.17, 15) is 19.5 Å². The molecule has 0 spiro atoms. The van der Waals surface area contributed by atoms with Crippen LogP contribution in [-0.4, -0.2) is 65.4 Å². The predicted molar refractivity (Wildman–Crippen MR) is 102 cm³/mol. The van der Waals surface area contributed by atoms with Crippen LogP contribution < -0.4 is 5.32 Å². The Bertz CT molecular complexity index is 716. The maximum atomic E-state index is 13.1. The van der Waals surface area contributed by atoms with Gasteiger partial charge in [0.05, 0.1) is 13.2 Å². The number of carbonyl (C=O) groups excluding carboxylic acids is 2. The van der Waals surface area contributed by atoms with Crippen molar-refractivity contribution in [3.63, 3.8) is 0 Å². The Labute approximate surface area is 168 Å². The van der Waals surface area contributed by atoms with Crippen LogP contribution in [0.5, 0.6) is 0 Å². The van der Waals surface area contributed by atoms with Crippen LogP contribution in [0.4, 0.5) is 4.79 Å². The molecule has 2 N–H and O–H groups in total. The van der Waals surface area contributed by atoms with Crippen molar-refractivity contribution in [2.75, 3.05) is 19.8 Å². The molecule has 1 saturated heterocycles. The third-order valence-corrected chi connectivity index (χ3v) is 4.29. The minimum Gasteiger partial charge on any atom is -0.480 e. The lowest BCUT2D eigenvalue weighted by Gasteiger charge is -2.35. The van der Waals surface area contributed by atoms with E-state index in [4.69, 9.17) is 21.1 Å². The summed E-state index contributed by atoms with van der Waals surface area (Å²) in [5, 5.41) is 12.5. The Morgan fingerprint density at radius 2 is 1.96 bits per heavy atom. The molecule has 1 heterocycles. The topological polar surface area (TPSA) is 105 Å². The summed E-state index contributed by atoms with van der Waals surface area (Å²) in [5.74, 6) is -1.66. The van der Waals surface area contributed by atoms with Gasteiger partial charge in [0.1, 0.15) is 11.6 Å². The molecule has 154 valence electrons. The van der Waals surface area contributed by atoms with Crippen molar-refractivity contribution in [1.82, 2.24) is 10.2 Å². The summed E-state index contributed by atoms with van der Waals surface area (Å²) >= 11 is 5.90. The highest BCUT2D eigenvalue weighted by atomic mass is 35.5. The Balaban J connectivity index is 2.22. The van der Waals surface area contributed by atoms with Gasteiger partial charge in [0, 0.05) is 18.0 Å². The van der Waals surface area contributed by atoms with E-state index in [2.05, 4.69) is 5.32 Å². The van der Waals surface area contributed by atoms with Crippen LogP contribution in [0.15, 0.2) is 24.3 Å². The monoisotopic (exact) mass is 412 g/mol. The molecule has 1 aromatic carbocycles. The quantitative estimate of drug-likeness (QED) is 0.767. The number of halogens is 1. The number of rotatable bonds is 5. The molecule has 9 heteroatoms. The fourth-order valence-electron chi connectivity index (χ4n) is 2.78. The summed E-state index contributed by atoms with van der Waals surface area (Å²) in [6, 6.07) is 4.76. The van der Waals surface area contributed by atoms with Crippen molar-refractivity contribution in [2.24, 2.45) is 0 Å². The molecule has 0 saturated carbocycles. The number of hydrogen-bond acceptors (Lipinski definition) is 5. The molecule has 0 aliphatic carbocycles. The molecular weight excluding hydrogens is 388 g/mol. The van der Waals surface area contributed by atoms with Crippen molar-refractivity contribution in [2.45, 2.75) is 44.9 Å². The first kappa shape index (κ1) is 22.0. The van der Waals surface area contributed by atoms with Crippen molar-refractivity contribution in [3.8, 4) is 0 Å². The van der Waals surface area contributed by atoms with Crippen LogP contribution in [0, 0.1) is 0 Å². The van der Waals surface area contributed by atoms with Gasteiger partial charge >= 0.3 is 12.1 Å². The Morgan fingerprint density at radius 1 is 1.32 bits per heavy atom. The number of nitrogens with one attached hydrogen (secondary N) is 1. The highest BCUT2D eigenvalue weighted by Gasteiger charge is 2.37. The average Bonchev–Trinajstić information content (AvgIpc) is 2.60. The van der Waals surface area contributed by atoms with Gasteiger partial charge in [-0.15, -0.1) is 0 Å². The minimum atomic E-state index is -1.16. The van der Waals surface area contributed by atoms with Crippen LogP contribution in [-0.2, 0) is 25.5 Å². The van der Waals surface area contributed by atoms with Gasteiger partial charge in [-0.1, -0.05) is 23.7 Å². The van der Waals surface area contributed by atoms with E-state index < -0.39 is 35.7 Å². The van der Waals surface area contributed by atoms with Crippen molar-refractivity contribution in [3.05, 3.63) is 34.9 Å². The molecule has 8 nitrogen and oxygen atoms in total. The Morgan fingerprint density at radius 3 is 2.54 bits per heavy atom. The van der Waals surface area contributed by atoms with Gasteiger partial charge in [-0.3, -0.25) is 4.79 Å². The highest BCUT2D eigenvalue weighted by molar-refractivity contribution is 6.30. The second-order valence-electron chi connectivity index (χ2n) is 7.49. The number of nitrogens with zero attached hydrogens (tertiary/aromatic N) is 1. The number of hydrogen-bond donors (Lipinski definition) is 2. The summed E-state index contributed by atoms with van der Waals surface area (Å²) in [6.45, 7) is 5.40. The smallest absolute Gasteiger partial charge is 0.408 e. The molecule has 1 aliphatic heterocycles. The average molecular weight is 413 g/mol. The number of aliphatic carboxylic acids is 1. The minimum absolute atomic E-state index is 0.0961. The van der Waals surface area contributed by atoms with E-state index in [-0.39, 0.29) is 26.2 Å². The summed E-state index contributed by atoms with van der Waals surface area (Å²) in [6.07, 6.45) is -0.584. The van der Waals surface area contributed by atoms with Gasteiger partial charge in [0.15, 0.2) is 6.04 Å². The summed E-state index contributed by atoms with van der Waals surface area (Å²) in [7, 11) is 0. The van der Waals surface area contributed by atoms with E-state index in [1.165, 1.54) is 4.90 Å². The summed E-state index contributed by atoms with van der Waals surface area (Å²) in [5.41, 5.74) is 0.0273. The third kappa shape index (κ3) is 6.38. The number of ether oxygens (including phenoxy) is 2. The van der Waals surface area contributed by atoms with E-state index >= 15 is 0 Å². The van der Waals surface area contributed by atoms with Gasteiger partial charge < -0.3 is 24.8 Å². The zero-order valence-corrected chi connectivity index (χ0v) is 16.9. The van der Waals surface area contributed by atoms with Crippen molar-refractivity contribution >= 4 is 29.6 Å². The molecule has 0 radical (unpaired) electrons. The number of carboxylic acids is 1. The first-order valence-corrected chi connectivity index (χ1v) is 9.29. The summed E-state index contributed by atoms with van der Waals surface area (Å²) in [4.78, 5) is 38.1. The highest BCUT2D eigenvalue weighted by Crippen LogP contribution is 2.16. The summed E-state index contributed by atoms with van der Waals surface area (Å²) < 4.78 is 10.4. The predicted octanol–water partition coefficient (Wildman–Crippen LogP) is 2.09. The number of morpholine rings is 1. The lowest BCUT2D eigenvalue weighted by molar-refractivity contribution is -0.159. The molecule has 28 heavy (non-hydrogen) atoms. The molecule has 2 rings (SSSR count). The van der Waals surface area contributed by atoms with Crippen LogP contribution in [0.1, 0.15) is 26.3 Å². The lowest BCUT2D eigenvalue weighted by Crippen LogP contribution is -2.59. The maximum absolute atomic E-state index is 13.1. The normalized spacial score (nSPS) is 18.3.